The highest BCUT2D eigenvalue weighted by atomic mass is 19.4. The van der Waals surface area contributed by atoms with E-state index < -0.39 is 11.7 Å². The van der Waals surface area contributed by atoms with Gasteiger partial charge >= 0.3 is 6.18 Å². The van der Waals surface area contributed by atoms with Crippen LogP contribution in [0.4, 0.5) is 13.2 Å². The second-order valence-corrected chi connectivity index (χ2v) is 7.38. The molecule has 3 rings (SSSR count). The molecule has 6 nitrogen and oxygen atoms in total. The maximum absolute atomic E-state index is 12.7. The monoisotopic (exact) mass is 413 g/mol. The summed E-state index contributed by atoms with van der Waals surface area (Å²) in [6, 6.07) is 4.14. The summed E-state index contributed by atoms with van der Waals surface area (Å²) in [5.74, 6) is -0.176. The Morgan fingerprint density at radius 1 is 1.10 bits per heavy atom. The Bertz CT molecular complexity index is 724. The van der Waals surface area contributed by atoms with Gasteiger partial charge in [-0.2, -0.15) is 13.2 Å². The zero-order chi connectivity index (χ0) is 21.0. The first kappa shape index (κ1) is 21.6. The maximum Gasteiger partial charge on any atom is 0.416 e. The third kappa shape index (κ3) is 5.08. The number of amides is 2. The summed E-state index contributed by atoms with van der Waals surface area (Å²) in [7, 11) is 1.61. The van der Waals surface area contributed by atoms with Crippen molar-refractivity contribution in [1.29, 1.82) is 0 Å². The molecule has 0 aromatic heterocycles. The van der Waals surface area contributed by atoms with Crippen molar-refractivity contribution in [1.82, 2.24) is 14.7 Å². The van der Waals surface area contributed by atoms with E-state index in [9.17, 15) is 22.8 Å². The van der Waals surface area contributed by atoms with E-state index in [1.807, 2.05) is 4.90 Å². The Hall–Kier alpha value is -2.13. The molecule has 2 fully saturated rings. The number of benzene rings is 1. The summed E-state index contributed by atoms with van der Waals surface area (Å²) >= 11 is 0. The predicted octanol–water partition coefficient (Wildman–Crippen LogP) is 2.10. The van der Waals surface area contributed by atoms with Crippen LogP contribution in [0, 0.1) is 0 Å². The van der Waals surface area contributed by atoms with Crippen molar-refractivity contribution in [3.05, 3.63) is 35.4 Å². The lowest BCUT2D eigenvalue weighted by molar-refractivity contribution is -0.137. The van der Waals surface area contributed by atoms with Gasteiger partial charge in [-0.15, -0.1) is 0 Å². The second-order valence-electron chi connectivity index (χ2n) is 7.38. The molecular formula is C20H26F3N3O3. The first-order valence-electron chi connectivity index (χ1n) is 9.79. The molecule has 29 heavy (non-hydrogen) atoms. The van der Waals surface area contributed by atoms with Gasteiger partial charge in [0.1, 0.15) is 0 Å². The number of rotatable bonds is 5. The zero-order valence-corrected chi connectivity index (χ0v) is 16.5. The highest BCUT2D eigenvalue weighted by molar-refractivity contribution is 5.94. The number of nitrogens with zero attached hydrogens (tertiary/aromatic N) is 3. The van der Waals surface area contributed by atoms with E-state index in [0.717, 1.165) is 18.6 Å². The van der Waals surface area contributed by atoms with E-state index in [0.29, 0.717) is 52.3 Å². The molecule has 0 aliphatic carbocycles. The number of halogens is 3. The topological polar surface area (TPSA) is 53.1 Å². The predicted molar refractivity (Wildman–Crippen MR) is 100 cm³/mol. The van der Waals surface area contributed by atoms with Crippen LogP contribution in [-0.4, -0.2) is 85.5 Å². The molecule has 0 unspecified atom stereocenters. The van der Waals surface area contributed by atoms with Gasteiger partial charge in [0.15, 0.2) is 0 Å². The van der Waals surface area contributed by atoms with Gasteiger partial charge in [-0.25, -0.2) is 0 Å². The average Bonchev–Trinajstić information content (AvgIpc) is 2.90. The first-order chi connectivity index (χ1) is 13.8. The molecule has 0 saturated carbocycles. The Morgan fingerprint density at radius 3 is 2.48 bits per heavy atom. The number of carbonyl (C=O) groups excluding carboxylic acids is 2. The van der Waals surface area contributed by atoms with E-state index in [-0.39, 0.29) is 23.4 Å². The molecule has 0 radical (unpaired) electrons. The Morgan fingerprint density at radius 2 is 1.83 bits per heavy atom. The molecule has 160 valence electrons. The number of methoxy groups -OCH3 is 1. The highest BCUT2D eigenvalue weighted by Crippen LogP contribution is 2.29. The van der Waals surface area contributed by atoms with Crippen molar-refractivity contribution in [2.75, 3.05) is 53.0 Å². The molecule has 2 saturated heterocycles. The van der Waals surface area contributed by atoms with Gasteiger partial charge < -0.3 is 14.5 Å². The summed E-state index contributed by atoms with van der Waals surface area (Å²) in [6.07, 6.45) is -2.95. The van der Waals surface area contributed by atoms with Gasteiger partial charge in [-0.3, -0.25) is 14.5 Å². The maximum atomic E-state index is 12.7. The summed E-state index contributed by atoms with van der Waals surface area (Å²) in [4.78, 5) is 30.9. The summed E-state index contributed by atoms with van der Waals surface area (Å²) < 4.78 is 43.2. The minimum absolute atomic E-state index is 0.101. The van der Waals surface area contributed by atoms with Crippen molar-refractivity contribution in [2.45, 2.75) is 25.1 Å². The standard InChI is InChI=1S/C20H26F3N3O3/c1-29-14-13-26-10-7-17(19(26)28)24-8-2-9-25(12-11-24)18(27)15-3-5-16(6-4-15)20(21,22)23/h3-6,17H,2,7-14H2,1H3/t17-/m0/s1. The van der Waals surface area contributed by atoms with Crippen LogP contribution in [0.5, 0.6) is 0 Å². The van der Waals surface area contributed by atoms with Crippen molar-refractivity contribution in [3.8, 4) is 0 Å². The lowest BCUT2D eigenvalue weighted by Crippen LogP contribution is -2.44. The van der Waals surface area contributed by atoms with E-state index in [1.165, 1.54) is 12.1 Å². The first-order valence-corrected chi connectivity index (χ1v) is 9.79. The van der Waals surface area contributed by atoms with Crippen LogP contribution in [-0.2, 0) is 15.7 Å². The van der Waals surface area contributed by atoms with Crippen LogP contribution in [0.15, 0.2) is 24.3 Å². The summed E-state index contributed by atoms with van der Waals surface area (Å²) in [6.45, 7) is 4.04. The number of ether oxygens (including phenoxy) is 1. The van der Waals surface area contributed by atoms with Crippen LogP contribution >= 0.6 is 0 Å². The van der Waals surface area contributed by atoms with Crippen molar-refractivity contribution >= 4 is 11.8 Å². The van der Waals surface area contributed by atoms with Crippen LogP contribution < -0.4 is 0 Å². The second kappa shape index (κ2) is 9.13. The zero-order valence-electron chi connectivity index (χ0n) is 16.5. The lowest BCUT2D eigenvalue weighted by Gasteiger charge is -2.26. The highest BCUT2D eigenvalue weighted by Gasteiger charge is 2.36. The van der Waals surface area contributed by atoms with Gasteiger partial charge in [-0.05, 0) is 37.1 Å². The molecule has 0 bridgehead atoms. The molecule has 9 heteroatoms. The minimum Gasteiger partial charge on any atom is -0.383 e. The largest absolute Gasteiger partial charge is 0.416 e. The van der Waals surface area contributed by atoms with Gasteiger partial charge in [0, 0.05) is 51.9 Å². The molecule has 0 N–H and O–H groups in total. The molecule has 1 aromatic carbocycles. The van der Waals surface area contributed by atoms with Crippen molar-refractivity contribution in [3.63, 3.8) is 0 Å². The molecule has 2 amide bonds. The van der Waals surface area contributed by atoms with Crippen LogP contribution in [0.2, 0.25) is 0 Å². The molecule has 1 aromatic rings. The fraction of sp³-hybridized carbons (Fsp3) is 0.600. The van der Waals surface area contributed by atoms with E-state index in [1.54, 1.807) is 12.0 Å². The number of likely N-dealkylation sites (tertiary alicyclic amines) is 1. The summed E-state index contributed by atoms with van der Waals surface area (Å²) in [5, 5.41) is 0. The fourth-order valence-corrected chi connectivity index (χ4v) is 3.92. The van der Waals surface area contributed by atoms with E-state index in [4.69, 9.17) is 4.74 Å². The molecular weight excluding hydrogens is 387 g/mol. The molecule has 2 aliphatic rings. The number of alkyl halides is 3. The number of carbonyl (C=O) groups is 2. The van der Waals surface area contributed by atoms with Crippen LogP contribution in [0.1, 0.15) is 28.8 Å². The molecule has 2 heterocycles. The van der Waals surface area contributed by atoms with Gasteiger partial charge in [-0.1, -0.05) is 0 Å². The van der Waals surface area contributed by atoms with Gasteiger partial charge in [0.2, 0.25) is 5.91 Å². The van der Waals surface area contributed by atoms with Crippen LogP contribution in [0.3, 0.4) is 0 Å². The average molecular weight is 413 g/mol. The van der Waals surface area contributed by atoms with Crippen LogP contribution in [0.25, 0.3) is 0 Å². The molecule has 1 atom stereocenters. The Balaban J connectivity index is 1.58. The lowest BCUT2D eigenvalue weighted by atomic mass is 10.1. The Kier molecular flexibility index (Phi) is 6.79. The minimum atomic E-state index is -4.42. The Labute approximate surface area is 168 Å². The van der Waals surface area contributed by atoms with Crippen molar-refractivity contribution in [2.24, 2.45) is 0 Å². The summed E-state index contributed by atoms with van der Waals surface area (Å²) in [5.41, 5.74) is -0.525. The normalized spacial score (nSPS) is 21.5. The number of hydrogen-bond acceptors (Lipinski definition) is 4. The quantitative estimate of drug-likeness (QED) is 0.742. The third-order valence-corrected chi connectivity index (χ3v) is 5.55. The number of hydrogen-bond donors (Lipinski definition) is 0. The van der Waals surface area contributed by atoms with Gasteiger partial charge in [0.05, 0.1) is 18.2 Å². The van der Waals surface area contributed by atoms with Gasteiger partial charge in [0.25, 0.3) is 5.91 Å². The SMILES string of the molecule is COCCN1CC[C@H](N2CCCN(C(=O)c3ccc(C(F)(F)F)cc3)CC2)C1=O. The fourth-order valence-electron chi connectivity index (χ4n) is 3.92. The third-order valence-electron chi connectivity index (χ3n) is 5.55. The molecule has 0 spiro atoms. The van der Waals surface area contributed by atoms with E-state index >= 15 is 0 Å². The van der Waals surface area contributed by atoms with Crippen molar-refractivity contribution < 1.29 is 27.5 Å². The molecule has 2 aliphatic heterocycles. The smallest absolute Gasteiger partial charge is 0.383 e. The van der Waals surface area contributed by atoms with E-state index in [2.05, 4.69) is 4.90 Å².